The van der Waals surface area contributed by atoms with E-state index in [4.69, 9.17) is 24.0 Å². The molecular formula is C54H48N8O9S3. The number of β-lactam (4-membered cyclic amide) rings is 1. The van der Waals surface area contributed by atoms with Gasteiger partial charge in [0.15, 0.2) is 28.4 Å². The number of aromatic nitrogens is 4. The third-order valence-corrected chi connectivity index (χ3v) is 15.0. The molecule has 3 N–H and O–H groups in total. The highest BCUT2D eigenvalue weighted by molar-refractivity contribution is 8.02. The number of methoxy groups -OCH3 is 2. The predicted molar refractivity (Wildman–Crippen MR) is 283 cm³/mol. The molecule has 17 nitrogen and oxygen atoms in total. The Kier molecular flexibility index (Phi) is 16.1. The van der Waals surface area contributed by atoms with Gasteiger partial charge in [-0.25, -0.2) is 14.9 Å². The summed E-state index contributed by atoms with van der Waals surface area (Å²) in [5.74, 6) is -1.90. The molecule has 2 unspecified atom stereocenters. The monoisotopic (exact) mass is 1050 g/mol. The van der Waals surface area contributed by atoms with E-state index < -0.39 is 58.3 Å². The van der Waals surface area contributed by atoms with Crippen LogP contribution in [0.25, 0.3) is 0 Å². The SMILES string of the molecule is CO/N=C(/C(=O)NC1C(=O)N2C(C(=O)OC(c3ccccc3)c3ccccc3)=C(/C=C/Sc3n[nH]c(=O)c(=O)n3CC(OC)OC)CSC12)c1csc(NC(c2ccccc2)(c2ccccc2)c2ccccc2)n1. The first kappa shape index (κ1) is 51.0. The van der Waals surface area contributed by atoms with Crippen molar-refractivity contribution in [3.8, 4) is 0 Å². The molecule has 376 valence electrons. The van der Waals surface area contributed by atoms with E-state index in [0.29, 0.717) is 21.8 Å². The molecule has 1 saturated heterocycles. The van der Waals surface area contributed by atoms with E-state index >= 15 is 0 Å². The van der Waals surface area contributed by atoms with Crippen LogP contribution in [0, 0.1) is 0 Å². The quantitative estimate of drug-likeness (QED) is 0.0102. The summed E-state index contributed by atoms with van der Waals surface area (Å²) in [6.45, 7) is -0.138. The van der Waals surface area contributed by atoms with Gasteiger partial charge in [0.2, 0.25) is 0 Å². The summed E-state index contributed by atoms with van der Waals surface area (Å²) < 4.78 is 18.0. The average molecular weight is 1050 g/mol. The first-order chi connectivity index (χ1) is 36.1. The Morgan fingerprint density at radius 1 is 0.824 bits per heavy atom. The minimum absolute atomic E-state index is 0.0386. The molecular weight excluding hydrogens is 1000 g/mol. The number of nitrogens with zero attached hydrogens (tertiary/aromatic N) is 5. The predicted octanol–water partition coefficient (Wildman–Crippen LogP) is 7.05. The molecule has 5 aromatic carbocycles. The van der Waals surface area contributed by atoms with Crippen LogP contribution in [0.4, 0.5) is 5.13 Å². The number of rotatable bonds is 20. The van der Waals surface area contributed by atoms with Crippen molar-refractivity contribution in [1.29, 1.82) is 0 Å². The number of amides is 2. The number of H-pyrrole nitrogens is 1. The van der Waals surface area contributed by atoms with E-state index in [-0.39, 0.29) is 34.6 Å². The van der Waals surface area contributed by atoms with E-state index in [1.807, 2.05) is 152 Å². The number of carbonyl (C=O) groups excluding carboxylic acids is 3. The molecule has 2 aromatic heterocycles. The van der Waals surface area contributed by atoms with E-state index in [1.54, 1.807) is 16.9 Å². The molecule has 2 amide bonds. The number of hydrogen-bond acceptors (Lipinski definition) is 16. The van der Waals surface area contributed by atoms with Crippen LogP contribution in [-0.4, -0.2) is 92.9 Å². The lowest BCUT2D eigenvalue weighted by Crippen LogP contribution is -2.71. The van der Waals surface area contributed by atoms with Gasteiger partial charge >= 0.3 is 17.1 Å². The molecule has 2 aliphatic rings. The molecule has 0 aliphatic carbocycles. The van der Waals surface area contributed by atoms with E-state index in [2.05, 4.69) is 26.0 Å². The number of nitrogens with one attached hydrogen (secondary N) is 3. The molecule has 7 aromatic rings. The van der Waals surface area contributed by atoms with E-state index in [0.717, 1.165) is 33.0 Å². The van der Waals surface area contributed by atoms with Gasteiger partial charge in [0.05, 0.1) is 6.54 Å². The highest BCUT2D eigenvalue weighted by atomic mass is 32.2. The van der Waals surface area contributed by atoms with Crippen molar-refractivity contribution in [3.63, 3.8) is 0 Å². The number of allylic oxidation sites excluding steroid dienone is 1. The van der Waals surface area contributed by atoms with Crippen LogP contribution in [0.15, 0.2) is 200 Å². The van der Waals surface area contributed by atoms with Gasteiger partial charge in [-0.2, -0.15) is 0 Å². The lowest BCUT2D eigenvalue weighted by atomic mass is 9.77. The lowest BCUT2D eigenvalue weighted by Gasteiger charge is -2.49. The lowest BCUT2D eigenvalue weighted by molar-refractivity contribution is -0.154. The maximum Gasteiger partial charge on any atom is 0.356 e. The van der Waals surface area contributed by atoms with E-state index in [9.17, 15) is 24.0 Å². The van der Waals surface area contributed by atoms with Crippen molar-refractivity contribution >= 4 is 63.5 Å². The van der Waals surface area contributed by atoms with Gasteiger partial charge in [-0.3, -0.25) is 28.6 Å². The Hall–Kier alpha value is -7.88. The maximum absolute atomic E-state index is 14.8. The maximum atomic E-state index is 14.8. The minimum atomic E-state index is -1.09. The van der Waals surface area contributed by atoms with Crippen LogP contribution in [0.3, 0.4) is 0 Å². The summed E-state index contributed by atoms with van der Waals surface area (Å²) in [7, 11) is 4.11. The Bertz CT molecular complexity index is 3180. The molecule has 20 heteroatoms. The van der Waals surface area contributed by atoms with Crippen molar-refractivity contribution < 1.29 is 33.4 Å². The zero-order valence-electron chi connectivity index (χ0n) is 40.0. The molecule has 2 aliphatic heterocycles. The molecule has 4 heterocycles. The van der Waals surface area contributed by atoms with Gasteiger partial charge in [-0.1, -0.05) is 169 Å². The van der Waals surface area contributed by atoms with Crippen molar-refractivity contribution in [1.82, 2.24) is 30.0 Å². The fourth-order valence-corrected chi connectivity index (χ4v) is 11.4. The zero-order valence-corrected chi connectivity index (χ0v) is 42.5. The first-order valence-corrected chi connectivity index (χ1v) is 25.9. The fraction of sp³-hybridized carbons (Fsp3) is 0.185. The van der Waals surface area contributed by atoms with Gasteiger partial charge in [0.1, 0.15) is 35.5 Å². The Morgan fingerprint density at radius 2 is 1.38 bits per heavy atom. The summed E-state index contributed by atoms with van der Waals surface area (Å²) in [4.78, 5) is 80.3. The van der Waals surface area contributed by atoms with Crippen LogP contribution < -0.4 is 21.8 Å². The highest BCUT2D eigenvalue weighted by Gasteiger charge is 2.55. The zero-order chi connectivity index (χ0) is 51.6. The number of thiazole rings is 1. The van der Waals surface area contributed by atoms with Crippen LogP contribution in [0.2, 0.25) is 0 Å². The first-order valence-electron chi connectivity index (χ1n) is 23.0. The van der Waals surface area contributed by atoms with Crippen molar-refractivity contribution in [2.75, 3.05) is 32.4 Å². The van der Waals surface area contributed by atoms with Crippen molar-refractivity contribution in [3.05, 3.63) is 234 Å². The summed E-state index contributed by atoms with van der Waals surface area (Å²) in [5, 5.41) is 20.1. The van der Waals surface area contributed by atoms with E-state index in [1.165, 1.54) is 49.3 Å². The molecule has 74 heavy (non-hydrogen) atoms. The fourth-order valence-electron chi connectivity index (χ4n) is 8.63. The second kappa shape index (κ2) is 23.3. The second-order valence-corrected chi connectivity index (χ2v) is 19.4. The Labute approximate surface area is 437 Å². The standard InChI is InChI=1S/C54H48N8O9S3/c1-68-41(69-2)31-61-49(66)47(64)58-59-53(61)72-30-29-36-32-73-50-43(48(65)62(50)44(36)51(67)71-45(34-19-9-4-10-20-34)35-21-11-5-12-22-35)56-46(63)42(60-70-3)40-33-74-52(55-40)57-54(37-23-13-6-14-24-37,38-25-15-7-16-26-38)39-27-17-8-18-28-39/h4-30,33,41,43,45,50H,31-32H2,1-3H3,(H,55,57)(H,56,63)(H,58,64)/b30-29+,60-42+. The summed E-state index contributed by atoms with van der Waals surface area (Å²) >= 11 is 3.58. The number of thioether (sulfide) groups is 2. The topological polar surface area (TPSA) is 208 Å². The Balaban J connectivity index is 1.01. The van der Waals surface area contributed by atoms with Gasteiger partial charge in [0, 0.05) is 25.4 Å². The third-order valence-electron chi connectivity index (χ3n) is 12.2. The summed E-state index contributed by atoms with van der Waals surface area (Å²) in [6.07, 6.45) is -0.0922. The molecule has 0 saturated carbocycles. The smallest absolute Gasteiger partial charge is 0.356 e. The molecule has 2 atom stereocenters. The number of hydrogen-bond donors (Lipinski definition) is 3. The van der Waals surface area contributed by atoms with Gasteiger partial charge in [-0.05, 0) is 44.9 Å². The van der Waals surface area contributed by atoms with Crippen LogP contribution in [-0.2, 0) is 45.5 Å². The Morgan fingerprint density at radius 3 is 1.92 bits per heavy atom. The van der Waals surface area contributed by atoms with Crippen LogP contribution in [0.5, 0.6) is 0 Å². The van der Waals surface area contributed by atoms with Gasteiger partial charge in [0.25, 0.3) is 11.8 Å². The molecule has 9 rings (SSSR count). The number of aromatic amines is 1. The highest BCUT2D eigenvalue weighted by Crippen LogP contribution is 2.43. The number of fused-ring (bicyclic) bond motifs is 1. The number of esters is 1. The normalized spacial score (nSPS) is 15.8. The van der Waals surface area contributed by atoms with Gasteiger partial charge < -0.3 is 29.7 Å². The second-order valence-electron chi connectivity index (χ2n) is 16.5. The minimum Gasteiger partial charge on any atom is -0.448 e. The summed E-state index contributed by atoms with van der Waals surface area (Å²) in [5.41, 5.74) is 1.96. The largest absolute Gasteiger partial charge is 0.448 e. The number of benzene rings is 5. The van der Waals surface area contributed by atoms with Crippen LogP contribution in [0.1, 0.15) is 39.6 Å². The third kappa shape index (κ3) is 10.6. The molecule has 0 radical (unpaired) electrons. The molecule has 0 spiro atoms. The molecule has 0 bridgehead atoms. The number of ether oxygens (including phenoxy) is 3. The number of anilines is 1. The average Bonchev–Trinajstić information content (AvgIpc) is 3.92. The summed E-state index contributed by atoms with van der Waals surface area (Å²) in [6, 6.07) is 47.4. The van der Waals surface area contributed by atoms with Gasteiger partial charge in [-0.15, -0.1) is 28.2 Å². The van der Waals surface area contributed by atoms with Crippen molar-refractivity contribution in [2.45, 2.75) is 41.0 Å². The van der Waals surface area contributed by atoms with Crippen LogP contribution >= 0.6 is 34.9 Å². The number of oxime groups is 1. The molecule has 1 fully saturated rings. The van der Waals surface area contributed by atoms with Crippen molar-refractivity contribution in [2.24, 2.45) is 5.16 Å². The number of carbonyl (C=O) groups is 3.